The third-order valence-electron chi connectivity index (χ3n) is 1.62. The van der Waals surface area contributed by atoms with Gasteiger partial charge in [-0.15, -0.1) is 0 Å². The first-order valence-corrected chi connectivity index (χ1v) is 2.85. The average molecular weight is 142 g/mol. The van der Waals surface area contributed by atoms with Gasteiger partial charge in [-0.25, -0.2) is 0 Å². The Kier molecular flexibility index (Phi) is 0.781. The fraction of sp³-hybridized carbons (Fsp3) is 0.333. The molecule has 0 aromatic rings. The van der Waals surface area contributed by atoms with Gasteiger partial charge in [0.1, 0.15) is 0 Å². The van der Waals surface area contributed by atoms with E-state index in [9.17, 15) is 0 Å². The van der Waals surface area contributed by atoms with Gasteiger partial charge in [-0.3, -0.25) is 0 Å². The number of hydrogen-bond acceptors (Lipinski definition) is 4. The van der Waals surface area contributed by atoms with Crippen molar-refractivity contribution in [3.05, 3.63) is 23.7 Å². The molecule has 54 valence electrons. The van der Waals surface area contributed by atoms with Gasteiger partial charge in [-0.05, 0) is 12.2 Å². The van der Waals surface area contributed by atoms with Crippen molar-refractivity contribution in [2.45, 2.75) is 11.9 Å². The van der Waals surface area contributed by atoms with Gasteiger partial charge in [-0.1, -0.05) is 0 Å². The number of aliphatic hydroxyl groups is 3. The highest BCUT2D eigenvalue weighted by Crippen LogP contribution is 2.42. The first kappa shape index (κ1) is 5.76. The summed E-state index contributed by atoms with van der Waals surface area (Å²) in [4.78, 5) is 0. The standard InChI is InChI=1S/C6H6O4/c7-3-1-2-6(9)5(10-6)4(3)8/h1-2,5,7-9H. The molecular weight excluding hydrogens is 136 g/mol. The molecule has 1 saturated heterocycles. The third kappa shape index (κ3) is 0.521. The van der Waals surface area contributed by atoms with Gasteiger partial charge < -0.3 is 20.1 Å². The molecule has 4 heteroatoms. The predicted octanol–water partition coefficient (Wildman–Crippen LogP) is -0.0288. The van der Waals surface area contributed by atoms with Crippen molar-refractivity contribution in [2.24, 2.45) is 0 Å². The van der Waals surface area contributed by atoms with Crippen LogP contribution in [0.4, 0.5) is 0 Å². The van der Waals surface area contributed by atoms with E-state index in [1.54, 1.807) is 0 Å². The van der Waals surface area contributed by atoms with Crippen LogP contribution in [-0.4, -0.2) is 27.2 Å². The molecular formula is C6H6O4. The second kappa shape index (κ2) is 1.36. The fourth-order valence-electron chi connectivity index (χ4n) is 0.951. The molecule has 0 spiro atoms. The molecule has 0 radical (unpaired) electrons. The van der Waals surface area contributed by atoms with Crippen molar-refractivity contribution >= 4 is 0 Å². The largest absolute Gasteiger partial charge is 0.506 e. The molecule has 0 amide bonds. The maximum Gasteiger partial charge on any atom is 0.221 e. The Labute approximate surface area is 56.7 Å². The molecule has 0 aromatic carbocycles. The zero-order valence-electron chi connectivity index (χ0n) is 4.98. The van der Waals surface area contributed by atoms with Crippen molar-refractivity contribution in [2.75, 3.05) is 0 Å². The smallest absolute Gasteiger partial charge is 0.221 e. The molecule has 2 unspecified atom stereocenters. The van der Waals surface area contributed by atoms with Crippen LogP contribution in [0.2, 0.25) is 0 Å². The third-order valence-corrected chi connectivity index (χ3v) is 1.62. The Hall–Kier alpha value is -1.00. The fourth-order valence-corrected chi connectivity index (χ4v) is 0.951. The second-order valence-electron chi connectivity index (χ2n) is 2.35. The Morgan fingerprint density at radius 2 is 2.20 bits per heavy atom. The molecule has 2 aliphatic rings. The molecule has 0 aromatic heterocycles. The Bertz CT molecular complexity index is 242. The molecule has 1 fully saturated rings. The number of epoxide rings is 1. The zero-order valence-corrected chi connectivity index (χ0v) is 4.98. The van der Waals surface area contributed by atoms with Gasteiger partial charge in [0.25, 0.3) is 0 Å². The molecule has 1 heterocycles. The van der Waals surface area contributed by atoms with E-state index in [4.69, 9.17) is 15.3 Å². The molecule has 2 rings (SSSR count). The van der Waals surface area contributed by atoms with Crippen LogP contribution in [-0.2, 0) is 4.74 Å². The van der Waals surface area contributed by atoms with E-state index in [0.717, 1.165) is 0 Å². The van der Waals surface area contributed by atoms with Gasteiger partial charge in [0.2, 0.25) is 5.79 Å². The number of ether oxygens (including phenoxy) is 1. The summed E-state index contributed by atoms with van der Waals surface area (Å²) in [5.41, 5.74) is 0. The summed E-state index contributed by atoms with van der Waals surface area (Å²) < 4.78 is 4.65. The summed E-state index contributed by atoms with van der Waals surface area (Å²) in [5.74, 6) is -1.90. The van der Waals surface area contributed by atoms with E-state index >= 15 is 0 Å². The van der Waals surface area contributed by atoms with E-state index in [2.05, 4.69) is 4.74 Å². The SMILES string of the molecule is OC1=C(O)C2OC2(O)C=C1. The van der Waals surface area contributed by atoms with Crippen LogP contribution < -0.4 is 0 Å². The van der Waals surface area contributed by atoms with E-state index < -0.39 is 11.9 Å². The molecule has 4 nitrogen and oxygen atoms in total. The number of allylic oxidation sites excluding steroid dienone is 1. The highest BCUT2D eigenvalue weighted by atomic mass is 16.7. The summed E-state index contributed by atoms with van der Waals surface area (Å²) in [7, 11) is 0. The summed E-state index contributed by atoms with van der Waals surface area (Å²) >= 11 is 0. The highest BCUT2D eigenvalue weighted by Gasteiger charge is 2.58. The lowest BCUT2D eigenvalue weighted by Crippen LogP contribution is -2.16. The summed E-state index contributed by atoms with van der Waals surface area (Å²) in [6.07, 6.45) is 1.75. The van der Waals surface area contributed by atoms with Crippen molar-refractivity contribution < 1.29 is 20.1 Å². The zero-order chi connectivity index (χ0) is 7.35. The summed E-state index contributed by atoms with van der Waals surface area (Å²) in [5, 5.41) is 26.9. The monoisotopic (exact) mass is 142 g/mol. The molecule has 10 heavy (non-hydrogen) atoms. The average Bonchev–Trinajstić information content (AvgIpc) is 2.56. The van der Waals surface area contributed by atoms with Crippen LogP contribution in [0.5, 0.6) is 0 Å². The van der Waals surface area contributed by atoms with Crippen LogP contribution in [0.3, 0.4) is 0 Å². The lowest BCUT2D eigenvalue weighted by atomic mass is 10.1. The maximum atomic E-state index is 9.12. The first-order chi connectivity index (χ1) is 4.63. The number of rotatable bonds is 0. The molecule has 3 N–H and O–H groups in total. The lowest BCUT2D eigenvalue weighted by Gasteiger charge is -2.04. The van der Waals surface area contributed by atoms with Crippen LogP contribution in [0.15, 0.2) is 23.7 Å². The van der Waals surface area contributed by atoms with Crippen LogP contribution >= 0.6 is 0 Å². The number of fused-ring (bicyclic) bond motifs is 1. The van der Waals surface area contributed by atoms with Gasteiger partial charge in [0, 0.05) is 0 Å². The quantitative estimate of drug-likeness (QED) is 0.415. The lowest BCUT2D eigenvalue weighted by molar-refractivity contribution is 0.0822. The van der Waals surface area contributed by atoms with Crippen molar-refractivity contribution in [1.82, 2.24) is 0 Å². The van der Waals surface area contributed by atoms with E-state index in [1.165, 1.54) is 12.2 Å². The van der Waals surface area contributed by atoms with Crippen LogP contribution in [0.1, 0.15) is 0 Å². The van der Waals surface area contributed by atoms with Crippen LogP contribution in [0.25, 0.3) is 0 Å². The minimum Gasteiger partial charge on any atom is -0.506 e. The summed E-state index contributed by atoms with van der Waals surface area (Å²) in [6, 6.07) is 0. The van der Waals surface area contributed by atoms with Crippen molar-refractivity contribution in [3.8, 4) is 0 Å². The molecule has 0 saturated carbocycles. The molecule has 1 aliphatic carbocycles. The van der Waals surface area contributed by atoms with Crippen LogP contribution in [0, 0.1) is 0 Å². The Balaban J connectivity index is 2.38. The first-order valence-electron chi connectivity index (χ1n) is 2.85. The minimum absolute atomic E-state index is 0.243. The van der Waals surface area contributed by atoms with Crippen molar-refractivity contribution in [1.29, 1.82) is 0 Å². The molecule has 0 bridgehead atoms. The predicted molar refractivity (Wildman–Crippen MR) is 31.2 cm³/mol. The van der Waals surface area contributed by atoms with Crippen molar-refractivity contribution in [3.63, 3.8) is 0 Å². The maximum absolute atomic E-state index is 9.12. The Morgan fingerprint density at radius 1 is 1.50 bits per heavy atom. The Morgan fingerprint density at radius 3 is 2.80 bits per heavy atom. The topological polar surface area (TPSA) is 73.2 Å². The number of hydrogen-bond donors (Lipinski definition) is 3. The highest BCUT2D eigenvalue weighted by molar-refractivity contribution is 5.34. The van der Waals surface area contributed by atoms with Gasteiger partial charge in [-0.2, -0.15) is 0 Å². The van der Waals surface area contributed by atoms with E-state index in [-0.39, 0.29) is 11.5 Å². The number of aliphatic hydroxyl groups excluding tert-OH is 2. The molecule has 1 aliphatic heterocycles. The molecule has 2 atom stereocenters. The van der Waals surface area contributed by atoms with Gasteiger partial charge >= 0.3 is 0 Å². The second-order valence-corrected chi connectivity index (χ2v) is 2.35. The van der Waals surface area contributed by atoms with Gasteiger partial charge in [0.15, 0.2) is 17.6 Å². The van der Waals surface area contributed by atoms with Gasteiger partial charge in [0.05, 0.1) is 0 Å². The van der Waals surface area contributed by atoms with E-state index in [0.29, 0.717) is 0 Å². The normalized spacial score (nSPS) is 43.5. The van der Waals surface area contributed by atoms with E-state index in [1.807, 2.05) is 0 Å². The minimum atomic E-state index is -1.35. The summed E-state index contributed by atoms with van der Waals surface area (Å²) in [6.45, 7) is 0.